The second-order valence-corrected chi connectivity index (χ2v) is 7.26. The van der Waals surface area contributed by atoms with E-state index in [-0.39, 0.29) is 11.8 Å². The lowest BCUT2D eigenvalue weighted by Crippen LogP contribution is -2.13. The normalized spacial score (nSPS) is 25.4. The van der Waals surface area contributed by atoms with Gasteiger partial charge in [-0.05, 0) is 30.2 Å². The van der Waals surface area contributed by atoms with Gasteiger partial charge in [0.25, 0.3) is 0 Å². The van der Waals surface area contributed by atoms with Crippen LogP contribution in [0.25, 0.3) is 0 Å². The summed E-state index contributed by atoms with van der Waals surface area (Å²) in [5.41, 5.74) is 6.82. The van der Waals surface area contributed by atoms with Crippen molar-refractivity contribution in [3.63, 3.8) is 0 Å². The standard InChI is InChI=1S/C16H17NO2S/c17-11-14-15(12-7-3-1-4-8-12)16(14)20(18,19)13-9-5-2-6-10-13/h1-10,14-16H,11,17H2. The Morgan fingerprint density at radius 2 is 1.45 bits per heavy atom. The first-order chi connectivity index (χ1) is 9.66. The van der Waals surface area contributed by atoms with Gasteiger partial charge in [-0.2, -0.15) is 0 Å². The molecule has 2 aromatic rings. The van der Waals surface area contributed by atoms with Crippen LogP contribution in [0, 0.1) is 5.92 Å². The summed E-state index contributed by atoms with van der Waals surface area (Å²) < 4.78 is 25.4. The van der Waals surface area contributed by atoms with Gasteiger partial charge in [0, 0.05) is 5.92 Å². The van der Waals surface area contributed by atoms with Gasteiger partial charge in [0.2, 0.25) is 0 Å². The number of sulfone groups is 1. The molecule has 104 valence electrons. The first-order valence-corrected chi connectivity index (χ1v) is 8.25. The molecule has 2 N–H and O–H groups in total. The number of rotatable bonds is 4. The summed E-state index contributed by atoms with van der Waals surface area (Å²) in [5, 5.41) is -0.391. The molecule has 0 aliphatic heterocycles. The minimum absolute atomic E-state index is 0.0163. The van der Waals surface area contributed by atoms with Gasteiger partial charge in [0.1, 0.15) is 0 Å². The molecule has 2 aromatic carbocycles. The Bertz CT molecular complexity index is 683. The molecule has 1 aliphatic carbocycles. The summed E-state index contributed by atoms with van der Waals surface area (Å²) in [7, 11) is -3.30. The predicted octanol–water partition coefficient (Wildman–Crippen LogP) is 2.20. The number of nitrogens with two attached hydrogens (primary N) is 1. The smallest absolute Gasteiger partial charge is 0.182 e. The van der Waals surface area contributed by atoms with Crippen molar-refractivity contribution in [2.45, 2.75) is 16.1 Å². The van der Waals surface area contributed by atoms with E-state index in [1.54, 1.807) is 24.3 Å². The molecule has 0 heterocycles. The fraction of sp³-hybridized carbons (Fsp3) is 0.250. The summed E-state index contributed by atoms with van der Waals surface area (Å²) in [4.78, 5) is 0.391. The maximum Gasteiger partial charge on any atom is 0.182 e. The van der Waals surface area contributed by atoms with Crippen LogP contribution in [0.2, 0.25) is 0 Å². The molecule has 0 radical (unpaired) electrons. The van der Waals surface area contributed by atoms with Gasteiger partial charge in [-0.25, -0.2) is 8.42 Å². The minimum Gasteiger partial charge on any atom is -0.330 e. The van der Waals surface area contributed by atoms with Gasteiger partial charge >= 0.3 is 0 Å². The second-order valence-electron chi connectivity index (χ2n) is 5.16. The van der Waals surface area contributed by atoms with E-state index in [2.05, 4.69) is 0 Å². The molecule has 1 fully saturated rings. The molecule has 0 spiro atoms. The first kappa shape index (κ1) is 13.3. The van der Waals surface area contributed by atoms with Gasteiger partial charge in [-0.1, -0.05) is 48.5 Å². The highest BCUT2D eigenvalue weighted by Gasteiger charge is 2.57. The lowest BCUT2D eigenvalue weighted by molar-refractivity contribution is 0.591. The van der Waals surface area contributed by atoms with Crippen LogP contribution in [0.15, 0.2) is 65.6 Å². The number of benzene rings is 2. The molecule has 0 aromatic heterocycles. The Morgan fingerprint density at radius 1 is 0.900 bits per heavy atom. The Balaban J connectivity index is 1.95. The molecule has 20 heavy (non-hydrogen) atoms. The zero-order valence-corrected chi connectivity index (χ0v) is 11.8. The highest BCUT2D eigenvalue weighted by molar-refractivity contribution is 7.92. The molecule has 0 bridgehead atoms. The van der Waals surface area contributed by atoms with Crippen LogP contribution in [0.4, 0.5) is 0 Å². The van der Waals surface area contributed by atoms with Crippen LogP contribution in [-0.2, 0) is 9.84 Å². The second kappa shape index (κ2) is 5.04. The number of hydrogen-bond donors (Lipinski definition) is 1. The molecule has 3 rings (SSSR count). The van der Waals surface area contributed by atoms with Crippen molar-refractivity contribution >= 4 is 9.84 Å². The third-order valence-electron chi connectivity index (χ3n) is 3.98. The fourth-order valence-electron chi connectivity index (χ4n) is 2.93. The third-order valence-corrected chi connectivity index (χ3v) is 6.27. The van der Waals surface area contributed by atoms with E-state index in [0.29, 0.717) is 11.4 Å². The zero-order valence-electron chi connectivity index (χ0n) is 11.0. The van der Waals surface area contributed by atoms with E-state index in [4.69, 9.17) is 5.73 Å². The topological polar surface area (TPSA) is 60.2 Å². The Hall–Kier alpha value is -1.65. The van der Waals surface area contributed by atoms with Gasteiger partial charge in [-0.15, -0.1) is 0 Å². The van der Waals surface area contributed by atoms with Crippen molar-refractivity contribution in [1.82, 2.24) is 0 Å². The quantitative estimate of drug-likeness (QED) is 0.938. The largest absolute Gasteiger partial charge is 0.330 e. The molecule has 0 amide bonds. The monoisotopic (exact) mass is 287 g/mol. The fourth-order valence-corrected chi connectivity index (χ4v) is 5.17. The molecular weight excluding hydrogens is 270 g/mol. The average molecular weight is 287 g/mol. The van der Waals surface area contributed by atoms with Crippen molar-refractivity contribution in [2.75, 3.05) is 6.54 Å². The van der Waals surface area contributed by atoms with Crippen molar-refractivity contribution in [3.05, 3.63) is 66.2 Å². The molecule has 3 unspecified atom stereocenters. The Labute approximate surface area is 119 Å². The van der Waals surface area contributed by atoms with Crippen molar-refractivity contribution in [2.24, 2.45) is 11.7 Å². The van der Waals surface area contributed by atoms with Gasteiger partial charge in [0.05, 0.1) is 10.1 Å². The predicted molar refractivity (Wildman–Crippen MR) is 79.1 cm³/mol. The lowest BCUT2D eigenvalue weighted by atomic mass is 10.1. The molecule has 1 aliphatic rings. The molecular formula is C16H17NO2S. The van der Waals surface area contributed by atoms with Gasteiger partial charge in [-0.3, -0.25) is 0 Å². The summed E-state index contributed by atoms with van der Waals surface area (Å²) in [6, 6.07) is 18.4. The molecule has 4 heteroatoms. The van der Waals surface area contributed by atoms with E-state index in [1.807, 2.05) is 36.4 Å². The van der Waals surface area contributed by atoms with Crippen LogP contribution >= 0.6 is 0 Å². The van der Waals surface area contributed by atoms with Crippen LogP contribution in [-0.4, -0.2) is 20.2 Å². The Kier molecular flexibility index (Phi) is 3.36. The summed E-state index contributed by atoms with van der Waals surface area (Å²) in [6.07, 6.45) is 0. The Morgan fingerprint density at radius 3 is 2.00 bits per heavy atom. The maximum atomic E-state index is 12.7. The molecule has 3 nitrogen and oxygen atoms in total. The van der Waals surface area contributed by atoms with Crippen LogP contribution in [0.5, 0.6) is 0 Å². The maximum absolute atomic E-state index is 12.7. The SMILES string of the molecule is NCC1C(c2ccccc2)C1S(=O)(=O)c1ccccc1. The van der Waals surface area contributed by atoms with Crippen LogP contribution < -0.4 is 5.73 Å². The summed E-state index contributed by atoms with van der Waals surface area (Å²) >= 11 is 0. The first-order valence-electron chi connectivity index (χ1n) is 6.70. The summed E-state index contributed by atoms with van der Waals surface area (Å²) in [5.74, 6) is 0.0361. The molecule has 0 saturated heterocycles. The molecule has 3 atom stereocenters. The van der Waals surface area contributed by atoms with Crippen molar-refractivity contribution in [3.8, 4) is 0 Å². The van der Waals surface area contributed by atoms with Gasteiger partial charge in [0.15, 0.2) is 9.84 Å². The van der Waals surface area contributed by atoms with E-state index in [1.165, 1.54) is 0 Å². The van der Waals surface area contributed by atoms with Crippen molar-refractivity contribution < 1.29 is 8.42 Å². The third kappa shape index (κ3) is 2.15. The van der Waals surface area contributed by atoms with Gasteiger partial charge < -0.3 is 5.73 Å². The van der Waals surface area contributed by atoms with E-state index < -0.39 is 15.1 Å². The van der Waals surface area contributed by atoms with E-state index in [9.17, 15) is 8.42 Å². The highest BCUT2D eigenvalue weighted by Crippen LogP contribution is 2.53. The number of hydrogen-bond acceptors (Lipinski definition) is 3. The zero-order chi connectivity index (χ0) is 14.2. The van der Waals surface area contributed by atoms with Crippen LogP contribution in [0.1, 0.15) is 11.5 Å². The summed E-state index contributed by atoms with van der Waals surface area (Å²) in [6.45, 7) is 0.399. The highest BCUT2D eigenvalue weighted by atomic mass is 32.2. The van der Waals surface area contributed by atoms with E-state index >= 15 is 0 Å². The molecule has 1 saturated carbocycles. The average Bonchev–Trinajstić information content (AvgIpc) is 3.24. The van der Waals surface area contributed by atoms with E-state index in [0.717, 1.165) is 5.56 Å². The van der Waals surface area contributed by atoms with Crippen molar-refractivity contribution in [1.29, 1.82) is 0 Å². The van der Waals surface area contributed by atoms with Crippen LogP contribution in [0.3, 0.4) is 0 Å². The minimum atomic E-state index is -3.30. The lowest BCUT2D eigenvalue weighted by Gasteiger charge is -2.04.